The number of piperidine rings is 1. The fraction of sp³-hybridized carbons (Fsp3) is 0.588. The fourth-order valence-electron chi connectivity index (χ4n) is 5.51. The third-order valence-corrected chi connectivity index (χ3v) is 6.37. The molecule has 5 rings (SSSR count). The molecule has 1 saturated carbocycles. The van der Waals surface area contributed by atoms with Gasteiger partial charge in [0, 0.05) is 23.4 Å². The minimum atomic E-state index is -0.406. The Morgan fingerprint density at radius 1 is 1.43 bits per heavy atom. The van der Waals surface area contributed by atoms with Crippen LogP contribution in [0.3, 0.4) is 0 Å². The lowest BCUT2D eigenvalue weighted by atomic mass is 9.52. The van der Waals surface area contributed by atoms with Crippen molar-refractivity contribution in [1.82, 2.24) is 4.90 Å². The molecule has 1 aromatic carbocycles. The highest BCUT2D eigenvalue weighted by Gasteiger charge is 2.64. The van der Waals surface area contributed by atoms with Crippen molar-refractivity contribution in [3.63, 3.8) is 0 Å². The quantitative estimate of drug-likeness (QED) is 0.713. The lowest BCUT2D eigenvalue weighted by Crippen LogP contribution is -2.65. The molecule has 2 bridgehead atoms. The number of rotatable bonds is 0. The molecule has 2 heterocycles. The summed E-state index contributed by atoms with van der Waals surface area (Å²) < 4.78 is 5.98. The van der Waals surface area contributed by atoms with E-state index in [9.17, 15) is 9.90 Å². The van der Waals surface area contributed by atoms with E-state index in [1.807, 2.05) is 6.07 Å². The Labute approximate surface area is 123 Å². The fourth-order valence-corrected chi connectivity index (χ4v) is 5.51. The number of likely N-dealkylation sites (N-methyl/N-ethyl adjacent to an activating group) is 1. The Hall–Kier alpha value is -1.55. The van der Waals surface area contributed by atoms with Crippen LogP contribution in [-0.4, -0.2) is 36.4 Å². The van der Waals surface area contributed by atoms with Crippen molar-refractivity contribution in [2.24, 2.45) is 5.92 Å². The van der Waals surface area contributed by atoms with Gasteiger partial charge in [-0.05, 0) is 44.3 Å². The molecular weight excluding hydrogens is 266 g/mol. The third kappa shape index (κ3) is 1.20. The first-order valence-corrected chi connectivity index (χ1v) is 7.86. The number of ketones is 1. The van der Waals surface area contributed by atoms with Gasteiger partial charge in [-0.25, -0.2) is 0 Å². The highest BCUT2D eigenvalue weighted by molar-refractivity contribution is 5.89. The molecule has 4 heteroatoms. The Bertz CT molecular complexity index is 670. The SMILES string of the molecule is CN1CC[C@]23c4c5ccc([O-])c4O[C@H]2C(=O)CC[C@H]3[C@H]1C5. The maximum absolute atomic E-state index is 12.5. The molecule has 1 spiro atoms. The number of benzene rings is 1. The molecule has 0 amide bonds. The molecule has 0 N–H and O–H groups in total. The summed E-state index contributed by atoms with van der Waals surface area (Å²) in [4.78, 5) is 14.9. The molecule has 0 unspecified atom stereocenters. The summed E-state index contributed by atoms with van der Waals surface area (Å²) in [6.45, 7) is 0.982. The molecule has 2 aliphatic carbocycles. The number of Topliss-reactive ketones (excluding diaryl/α,β-unsaturated/α-hetero) is 1. The minimum Gasteiger partial charge on any atom is -0.870 e. The van der Waals surface area contributed by atoms with Crippen LogP contribution >= 0.6 is 0 Å². The molecule has 2 aliphatic heterocycles. The molecule has 4 atom stereocenters. The first-order valence-electron chi connectivity index (χ1n) is 7.86. The van der Waals surface area contributed by atoms with Crippen LogP contribution in [0.25, 0.3) is 0 Å². The second-order valence-corrected chi connectivity index (χ2v) is 7.08. The first-order chi connectivity index (χ1) is 10.1. The Kier molecular flexibility index (Phi) is 2.07. The van der Waals surface area contributed by atoms with Crippen LogP contribution in [0.5, 0.6) is 11.5 Å². The normalized spacial score (nSPS) is 39.9. The second kappa shape index (κ2) is 3.61. The summed E-state index contributed by atoms with van der Waals surface area (Å²) in [7, 11) is 2.19. The van der Waals surface area contributed by atoms with E-state index < -0.39 is 6.10 Å². The number of carbonyl (C=O) groups is 1. The zero-order valence-electron chi connectivity index (χ0n) is 12.1. The van der Waals surface area contributed by atoms with Crippen molar-refractivity contribution in [2.75, 3.05) is 13.6 Å². The van der Waals surface area contributed by atoms with E-state index in [4.69, 9.17) is 4.74 Å². The van der Waals surface area contributed by atoms with Gasteiger partial charge in [0.2, 0.25) is 0 Å². The van der Waals surface area contributed by atoms with Gasteiger partial charge in [0.1, 0.15) is 5.75 Å². The maximum Gasteiger partial charge on any atom is 0.174 e. The molecular formula is C17H18NO3-. The molecule has 4 aliphatic rings. The number of hydrogen-bond donors (Lipinski definition) is 0. The van der Waals surface area contributed by atoms with Crippen LogP contribution in [0.4, 0.5) is 0 Å². The molecule has 2 fully saturated rings. The summed E-state index contributed by atoms with van der Waals surface area (Å²) in [5.41, 5.74) is 2.12. The summed E-state index contributed by atoms with van der Waals surface area (Å²) in [6, 6.07) is 4.06. The van der Waals surface area contributed by atoms with E-state index in [0.29, 0.717) is 24.1 Å². The average molecular weight is 284 g/mol. The summed E-state index contributed by atoms with van der Waals surface area (Å²) >= 11 is 0. The zero-order chi connectivity index (χ0) is 14.4. The first kappa shape index (κ1) is 12.0. The number of ether oxygens (including phenoxy) is 1. The monoisotopic (exact) mass is 284 g/mol. The van der Waals surface area contributed by atoms with Crippen LogP contribution < -0.4 is 9.84 Å². The third-order valence-electron chi connectivity index (χ3n) is 6.37. The maximum atomic E-state index is 12.5. The molecule has 0 radical (unpaired) electrons. The van der Waals surface area contributed by atoms with Gasteiger partial charge in [0.25, 0.3) is 0 Å². The molecule has 0 aromatic heterocycles. The van der Waals surface area contributed by atoms with Crippen molar-refractivity contribution in [3.8, 4) is 11.5 Å². The van der Waals surface area contributed by atoms with Crippen LogP contribution in [0.1, 0.15) is 30.4 Å². The van der Waals surface area contributed by atoms with Crippen molar-refractivity contribution in [1.29, 1.82) is 0 Å². The standard InChI is InChI=1S/C17H19NO3/c1-18-7-6-17-10-3-5-13(20)16(17)21-15-12(19)4-2-9(14(15)17)8-11(10)18/h2,4,10-11,16,19H,3,5-8H2,1H3/p-1/t10-,11+,16-,17-/m0/s1. The van der Waals surface area contributed by atoms with Gasteiger partial charge in [-0.1, -0.05) is 17.9 Å². The number of nitrogens with zero attached hydrogens (tertiary/aromatic N) is 1. The Morgan fingerprint density at radius 2 is 2.29 bits per heavy atom. The van der Waals surface area contributed by atoms with E-state index in [1.54, 1.807) is 6.07 Å². The largest absolute Gasteiger partial charge is 0.870 e. The number of carbonyl (C=O) groups excluding carboxylic acids is 1. The number of hydrogen-bond acceptors (Lipinski definition) is 4. The van der Waals surface area contributed by atoms with Crippen molar-refractivity contribution < 1.29 is 14.6 Å². The van der Waals surface area contributed by atoms with E-state index in [0.717, 1.165) is 31.4 Å². The molecule has 1 saturated heterocycles. The summed E-state index contributed by atoms with van der Waals surface area (Å²) in [5, 5.41) is 12.2. The molecule has 21 heavy (non-hydrogen) atoms. The van der Waals surface area contributed by atoms with Crippen LogP contribution in [-0.2, 0) is 16.6 Å². The van der Waals surface area contributed by atoms with E-state index >= 15 is 0 Å². The second-order valence-electron chi connectivity index (χ2n) is 7.08. The van der Waals surface area contributed by atoms with E-state index in [1.165, 1.54) is 5.56 Å². The lowest BCUT2D eigenvalue weighted by Gasteiger charge is -2.57. The van der Waals surface area contributed by atoms with Crippen LogP contribution in [0, 0.1) is 5.92 Å². The summed E-state index contributed by atoms with van der Waals surface area (Å²) in [6.07, 6.45) is 3.05. The van der Waals surface area contributed by atoms with Crippen molar-refractivity contribution >= 4 is 5.78 Å². The number of likely N-dealkylation sites (tertiary alicyclic amines) is 1. The molecule has 110 valence electrons. The predicted molar refractivity (Wildman–Crippen MR) is 74.5 cm³/mol. The predicted octanol–water partition coefficient (Wildman–Crippen LogP) is 0.998. The van der Waals surface area contributed by atoms with Crippen molar-refractivity contribution in [3.05, 3.63) is 23.3 Å². The van der Waals surface area contributed by atoms with Crippen LogP contribution in [0.15, 0.2) is 12.1 Å². The van der Waals surface area contributed by atoms with Gasteiger partial charge < -0.3 is 14.7 Å². The zero-order valence-corrected chi connectivity index (χ0v) is 12.1. The highest BCUT2D eigenvalue weighted by atomic mass is 16.5. The summed E-state index contributed by atoms with van der Waals surface area (Å²) in [5.74, 6) is 1.08. The molecule has 4 nitrogen and oxygen atoms in total. The molecule has 1 aromatic rings. The van der Waals surface area contributed by atoms with Crippen LogP contribution in [0.2, 0.25) is 0 Å². The minimum absolute atomic E-state index is 0.0542. The van der Waals surface area contributed by atoms with Gasteiger partial charge in [-0.2, -0.15) is 0 Å². The smallest absolute Gasteiger partial charge is 0.174 e. The van der Waals surface area contributed by atoms with E-state index in [2.05, 4.69) is 11.9 Å². The topological polar surface area (TPSA) is 52.6 Å². The van der Waals surface area contributed by atoms with Gasteiger partial charge in [-0.15, -0.1) is 0 Å². The Morgan fingerprint density at radius 3 is 3.14 bits per heavy atom. The Balaban J connectivity index is 1.83. The van der Waals surface area contributed by atoms with Gasteiger partial charge in [0.05, 0.1) is 0 Å². The lowest BCUT2D eigenvalue weighted by molar-refractivity contribution is -0.270. The van der Waals surface area contributed by atoms with E-state index in [-0.39, 0.29) is 16.9 Å². The highest BCUT2D eigenvalue weighted by Crippen LogP contribution is 2.62. The van der Waals surface area contributed by atoms with Crippen molar-refractivity contribution in [2.45, 2.75) is 43.2 Å². The van der Waals surface area contributed by atoms with Gasteiger partial charge >= 0.3 is 0 Å². The van der Waals surface area contributed by atoms with Gasteiger partial charge in [-0.3, -0.25) is 4.79 Å². The average Bonchev–Trinajstić information content (AvgIpc) is 2.83. The van der Waals surface area contributed by atoms with Gasteiger partial charge in [0.15, 0.2) is 11.9 Å².